The Labute approximate surface area is 217 Å². The Kier molecular flexibility index (Phi) is 9.25. The van der Waals surface area contributed by atoms with E-state index in [0.29, 0.717) is 5.56 Å². The van der Waals surface area contributed by atoms with Crippen molar-refractivity contribution in [2.75, 3.05) is 6.61 Å². The number of nitrogen functional groups attached to an aromatic ring is 1. The molecule has 0 fully saturated rings. The van der Waals surface area contributed by atoms with Gasteiger partial charge < -0.3 is 26.0 Å². The predicted molar refractivity (Wildman–Crippen MR) is 137 cm³/mol. The largest absolute Gasteiger partial charge is 0.491 e. The molecule has 6 N–H and O–H groups in total. The number of amides is 1. The van der Waals surface area contributed by atoms with E-state index in [1.54, 1.807) is 36.7 Å². The van der Waals surface area contributed by atoms with Crippen molar-refractivity contribution in [2.45, 2.75) is 25.3 Å². The van der Waals surface area contributed by atoms with Crippen molar-refractivity contribution in [3.63, 3.8) is 0 Å². The molecule has 3 rings (SSSR count). The van der Waals surface area contributed by atoms with Gasteiger partial charge in [0.2, 0.25) is 5.78 Å². The number of rotatable bonds is 13. The number of ketones is 1. The second-order valence-corrected chi connectivity index (χ2v) is 8.38. The molecule has 11 heteroatoms. The minimum Gasteiger partial charge on any atom is -0.491 e. The molecule has 0 aliphatic carbocycles. The standard InChI is InChI=1S/C27H26N4O7/c28-25(29)18-7-6-17(12-22(32)27(36)37)23(13-18)38-15-21(8-9-24(33)34)31-26(35)19-4-1-3-16(11-19)20-5-2-10-30-14-20/h1-7,10-11,13-14,21H,8-9,12,15H2,(H3,28,29)(H,31,35)(H,33,34)(H,36,37). The fourth-order valence-electron chi connectivity index (χ4n) is 3.58. The first-order valence-electron chi connectivity index (χ1n) is 11.5. The van der Waals surface area contributed by atoms with Gasteiger partial charge in [0.05, 0.1) is 6.04 Å². The van der Waals surface area contributed by atoms with Crippen LogP contribution in [0.3, 0.4) is 0 Å². The summed E-state index contributed by atoms with van der Waals surface area (Å²) in [7, 11) is 0. The second kappa shape index (κ2) is 12.8. The molecule has 38 heavy (non-hydrogen) atoms. The number of nitrogens with one attached hydrogen (secondary N) is 2. The SMILES string of the molecule is N=C(N)c1ccc(CC(=O)C(=O)O)c(OCC(CCC(=O)O)NC(=O)c2cccc(-c3cccnc3)c2)c1. The first kappa shape index (κ1) is 27.5. The van der Waals surface area contributed by atoms with Gasteiger partial charge in [0.15, 0.2) is 0 Å². The van der Waals surface area contributed by atoms with Crippen molar-refractivity contribution in [2.24, 2.45) is 5.73 Å². The van der Waals surface area contributed by atoms with E-state index in [1.165, 1.54) is 18.2 Å². The zero-order chi connectivity index (χ0) is 27.7. The third-order valence-electron chi connectivity index (χ3n) is 5.57. The van der Waals surface area contributed by atoms with Gasteiger partial charge in [-0.05, 0) is 36.2 Å². The lowest BCUT2D eigenvalue weighted by atomic mass is 10.0. The van der Waals surface area contributed by atoms with Crippen LogP contribution in [0, 0.1) is 5.41 Å². The molecule has 1 atom stereocenters. The van der Waals surface area contributed by atoms with Crippen LogP contribution in [-0.2, 0) is 20.8 Å². The predicted octanol–water partition coefficient (Wildman–Crippen LogP) is 2.27. The van der Waals surface area contributed by atoms with Gasteiger partial charge in [-0.1, -0.05) is 30.3 Å². The van der Waals surface area contributed by atoms with Crippen LogP contribution in [0.1, 0.15) is 34.3 Å². The number of aromatic nitrogens is 1. The number of hydrogen-bond acceptors (Lipinski definition) is 7. The monoisotopic (exact) mass is 518 g/mol. The van der Waals surface area contributed by atoms with Gasteiger partial charge >= 0.3 is 11.9 Å². The number of amidine groups is 1. The summed E-state index contributed by atoms with van der Waals surface area (Å²) in [5.41, 5.74) is 8.01. The molecule has 0 radical (unpaired) electrons. The molecular weight excluding hydrogens is 492 g/mol. The molecule has 0 saturated carbocycles. The third kappa shape index (κ3) is 7.72. The number of ether oxygens (including phenoxy) is 1. The van der Waals surface area contributed by atoms with E-state index in [9.17, 15) is 19.2 Å². The Balaban J connectivity index is 1.80. The smallest absolute Gasteiger partial charge is 0.372 e. The lowest BCUT2D eigenvalue weighted by Gasteiger charge is -2.20. The topological polar surface area (TPSA) is 193 Å². The molecule has 1 aromatic heterocycles. The number of carbonyl (C=O) groups excluding carboxylic acids is 2. The van der Waals surface area contributed by atoms with E-state index >= 15 is 0 Å². The van der Waals surface area contributed by atoms with Crippen molar-refractivity contribution in [3.05, 3.63) is 83.7 Å². The van der Waals surface area contributed by atoms with E-state index in [0.717, 1.165) is 11.1 Å². The van der Waals surface area contributed by atoms with Crippen LogP contribution in [0.15, 0.2) is 67.0 Å². The van der Waals surface area contributed by atoms with E-state index in [4.69, 9.17) is 26.1 Å². The Bertz CT molecular complexity index is 1360. The maximum absolute atomic E-state index is 13.0. The number of carbonyl (C=O) groups is 4. The highest BCUT2D eigenvalue weighted by atomic mass is 16.5. The molecule has 0 spiro atoms. The molecule has 196 valence electrons. The van der Waals surface area contributed by atoms with Crippen LogP contribution in [0.5, 0.6) is 5.75 Å². The zero-order valence-corrected chi connectivity index (χ0v) is 20.2. The van der Waals surface area contributed by atoms with Gasteiger partial charge in [-0.3, -0.25) is 24.8 Å². The molecule has 0 aliphatic rings. The number of hydrogen-bond donors (Lipinski definition) is 5. The maximum Gasteiger partial charge on any atom is 0.372 e. The summed E-state index contributed by atoms with van der Waals surface area (Å²) in [6, 6.07) is 14.0. The quantitative estimate of drug-likeness (QED) is 0.128. The van der Waals surface area contributed by atoms with Crippen LogP contribution >= 0.6 is 0 Å². The molecule has 3 aromatic rings. The lowest BCUT2D eigenvalue weighted by Crippen LogP contribution is -2.39. The van der Waals surface area contributed by atoms with Crippen LogP contribution in [0.2, 0.25) is 0 Å². The van der Waals surface area contributed by atoms with E-state index in [-0.39, 0.29) is 42.2 Å². The summed E-state index contributed by atoms with van der Waals surface area (Å²) in [6.45, 7) is -0.184. The molecule has 1 unspecified atom stereocenters. The van der Waals surface area contributed by atoms with Crippen molar-refractivity contribution in [1.29, 1.82) is 5.41 Å². The number of carboxylic acids is 2. The van der Waals surface area contributed by atoms with Crippen LogP contribution in [0.25, 0.3) is 11.1 Å². The first-order chi connectivity index (χ1) is 18.1. The van der Waals surface area contributed by atoms with Gasteiger partial charge in [-0.15, -0.1) is 0 Å². The van der Waals surface area contributed by atoms with Gasteiger partial charge in [0, 0.05) is 47.5 Å². The maximum atomic E-state index is 13.0. The molecule has 0 saturated heterocycles. The second-order valence-electron chi connectivity index (χ2n) is 8.38. The van der Waals surface area contributed by atoms with Crippen LogP contribution < -0.4 is 15.8 Å². The van der Waals surface area contributed by atoms with Gasteiger partial charge in [0.25, 0.3) is 5.91 Å². The summed E-state index contributed by atoms with van der Waals surface area (Å²) in [4.78, 5) is 51.1. The van der Waals surface area contributed by atoms with Gasteiger partial charge in [-0.25, -0.2) is 4.79 Å². The number of nitrogens with zero attached hydrogens (tertiary/aromatic N) is 1. The van der Waals surface area contributed by atoms with E-state index in [2.05, 4.69) is 10.3 Å². The number of carboxylic acid groups (broad SMARTS) is 2. The van der Waals surface area contributed by atoms with Crippen molar-refractivity contribution in [1.82, 2.24) is 10.3 Å². The summed E-state index contributed by atoms with van der Waals surface area (Å²) in [5.74, 6) is -4.35. The van der Waals surface area contributed by atoms with Crippen molar-refractivity contribution in [3.8, 4) is 16.9 Å². The number of aliphatic carboxylic acids is 2. The number of benzene rings is 2. The minimum atomic E-state index is -1.60. The summed E-state index contributed by atoms with van der Waals surface area (Å²) >= 11 is 0. The third-order valence-corrected chi connectivity index (χ3v) is 5.57. The Hall–Kier alpha value is -5.06. The highest BCUT2D eigenvalue weighted by molar-refractivity contribution is 6.33. The molecule has 2 aromatic carbocycles. The molecular formula is C27H26N4O7. The van der Waals surface area contributed by atoms with Crippen LogP contribution in [-0.4, -0.2) is 57.3 Å². The molecule has 1 heterocycles. The minimum absolute atomic E-state index is 0.0408. The summed E-state index contributed by atoms with van der Waals surface area (Å²) in [5, 5.41) is 28.6. The Morgan fingerprint density at radius 2 is 1.76 bits per heavy atom. The number of Topliss-reactive ketones (excluding diaryl/α,β-unsaturated/α-hetero) is 1. The average molecular weight is 519 g/mol. The summed E-state index contributed by atoms with van der Waals surface area (Å²) in [6.07, 6.45) is 2.64. The van der Waals surface area contributed by atoms with E-state index < -0.39 is 36.1 Å². The fourth-order valence-corrected chi connectivity index (χ4v) is 3.58. The Morgan fingerprint density at radius 3 is 2.42 bits per heavy atom. The highest BCUT2D eigenvalue weighted by Crippen LogP contribution is 2.23. The highest BCUT2D eigenvalue weighted by Gasteiger charge is 2.20. The normalized spacial score (nSPS) is 11.3. The van der Waals surface area contributed by atoms with Crippen molar-refractivity contribution >= 4 is 29.5 Å². The fraction of sp³-hybridized carbons (Fsp3) is 0.185. The Morgan fingerprint density at radius 1 is 1.00 bits per heavy atom. The molecule has 0 aliphatic heterocycles. The molecule has 1 amide bonds. The molecule has 11 nitrogen and oxygen atoms in total. The summed E-state index contributed by atoms with van der Waals surface area (Å²) < 4.78 is 5.82. The lowest BCUT2D eigenvalue weighted by molar-refractivity contribution is -0.148. The van der Waals surface area contributed by atoms with Gasteiger partial charge in [-0.2, -0.15) is 0 Å². The zero-order valence-electron chi connectivity index (χ0n) is 20.2. The first-order valence-corrected chi connectivity index (χ1v) is 11.5. The van der Waals surface area contributed by atoms with Gasteiger partial charge in [0.1, 0.15) is 18.2 Å². The van der Waals surface area contributed by atoms with Crippen molar-refractivity contribution < 1.29 is 34.1 Å². The van der Waals surface area contributed by atoms with E-state index in [1.807, 2.05) is 12.1 Å². The molecule has 0 bridgehead atoms. The average Bonchev–Trinajstić information content (AvgIpc) is 2.91. The van der Waals surface area contributed by atoms with Crippen LogP contribution in [0.4, 0.5) is 0 Å². The number of nitrogens with two attached hydrogens (primary N) is 1. The number of pyridine rings is 1.